The predicted molar refractivity (Wildman–Crippen MR) is 393 cm³/mol. The normalized spacial score (nSPS) is 15.1. The molecule has 450 valence electrons. The Morgan fingerprint density at radius 2 is 1.05 bits per heavy atom. The molecule has 0 radical (unpaired) electrons. The maximum atomic E-state index is 10.2. The summed E-state index contributed by atoms with van der Waals surface area (Å²) in [5.41, 5.74) is 8.41. The van der Waals surface area contributed by atoms with Crippen LogP contribution in [0.25, 0.3) is 128 Å². The van der Waals surface area contributed by atoms with Gasteiger partial charge in [0.2, 0.25) is 0 Å². The zero-order valence-corrected chi connectivity index (χ0v) is 52.2. The lowest BCUT2D eigenvalue weighted by molar-refractivity contribution is -0.570. The van der Waals surface area contributed by atoms with Gasteiger partial charge in [-0.3, -0.25) is 13.7 Å². The summed E-state index contributed by atoms with van der Waals surface area (Å²) in [4.78, 5) is 4.91. The van der Waals surface area contributed by atoms with Gasteiger partial charge < -0.3 is 9.15 Å². The third kappa shape index (κ3) is 9.06. The van der Waals surface area contributed by atoms with Gasteiger partial charge in [-0.2, -0.15) is 0 Å². The lowest BCUT2D eigenvalue weighted by Gasteiger charge is -2.35. The molecule has 7 heteroatoms. The molecule has 1 aliphatic rings. The van der Waals surface area contributed by atoms with Crippen LogP contribution in [0.4, 0.5) is 0 Å². The van der Waals surface area contributed by atoms with Gasteiger partial charge in [0.25, 0.3) is 6.33 Å². The standard InChI is InChI=1S/C88H62N4O2Si/c1-88(2,3)60-49-50-89-84(52-60)92-79-43-20-18-36-71(79)72-47-46-63(54-80(72)92)93-62-28-22-27-61(53-62)90-57-91-86-69(59-45-48-83-77(51-59)73-37-19-21-44-82(73)94-83)40-24-42-76(86)75-41-23-39-68(58-25-8-4-9-26-58)85(75)74-38-17-16-35-70(74)78-55-67(56-81(90)87(78)91)95(64-29-10-5-11-30-64,65-31-12-6-13-32-65)66-33-14-7-15-34-66/h4-56H,1-3H3/i4D,5D,6D,7D,8D,9D,10D,11D,12D,13D,14D,15D,25D,26D,29D,30D,31D,32D,33D,34D. The highest BCUT2D eigenvalue weighted by Gasteiger charge is 2.43. The van der Waals surface area contributed by atoms with Gasteiger partial charge in [0.05, 0.1) is 60.9 Å². The second kappa shape index (κ2) is 22.2. The quantitative estimate of drug-likeness (QED) is 0.0593. The van der Waals surface area contributed by atoms with E-state index < -0.39 is 144 Å². The lowest BCUT2D eigenvalue weighted by Crippen LogP contribution is -2.74. The average molecular weight is 1260 g/mol. The van der Waals surface area contributed by atoms with Crippen LogP contribution in [0.1, 0.15) is 53.7 Å². The Morgan fingerprint density at radius 3 is 1.80 bits per heavy atom. The Bertz CT molecular complexity index is 6880. The highest BCUT2D eigenvalue weighted by Crippen LogP contribution is 2.49. The van der Waals surface area contributed by atoms with E-state index in [0.717, 1.165) is 38.1 Å². The largest absolute Gasteiger partial charge is 0.458 e. The molecule has 0 N–H and O–H groups in total. The van der Waals surface area contributed by atoms with Crippen molar-refractivity contribution in [2.75, 3.05) is 0 Å². The Balaban J connectivity index is 1.03. The minimum Gasteiger partial charge on any atom is -0.458 e. The van der Waals surface area contributed by atoms with Gasteiger partial charge in [-0.1, -0.05) is 263 Å². The average Bonchev–Trinajstić information content (AvgIpc) is 1.09. The minimum absolute atomic E-state index is 0.133. The molecule has 4 aromatic heterocycles. The van der Waals surface area contributed by atoms with E-state index in [2.05, 4.69) is 43.8 Å². The number of pyridine rings is 1. The molecule has 17 aromatic rings. The van der Waals surface area contributed by atoms with Crippen molar-refractivity contribution in [1.82, 2.24) is 14.1 Å². The molecule has 1 aliphatic heterocycles. The van der Waals surface area contributed by atoms with Crippen molar-refractivity contribution in [1.29, 1.82) is 0 Å². The number of hydrogen-bond donors (Lipinski definition) is 0. The maximum absolute atomic E-state index is 10.2. The van der Waals surface area contributed by atoms with E-state index in [1.165, 1.54) is 0 Å². The van der Waals surface area contributed by atoms with Crippen LogP contribution in [-0.4, -0.2) is 22.2 Å². The van der Waals surface area contributed by atoms with Gasteiger partial charge >= 0.3 is 0 Å². The smallest absolute Gasteiger partial charge is 0.269 e. The third-order valence-electron chi connectivity index (χ3n) is 18.2. The molecule has 0 bridgehead atoms. The number of aromatic nitrogens is 4. The van der Waals surface area contributed by atoms with Crippen LogP contribution in [0.15, 0.2) is 326 Å². The van der Waals surface area contributed by atoms with Crippen LogP contribution >= 0.6 is 0 Å². The van der Waals surface area contributed by atoms with Crippen molar-refractivity contribution in [2.45, 2.75) is 26.2 Å². The second-order valence-corrected chi connectivity index (χ2v) is 28.1. The molecular formula is C88H62N4O2Si. The summed E-state index contributed by atoms with van der Waals surface area (Å²) in [6, 6.07) is 42.5. The molecule has 18 rings (SSSR count). The number of nitrogens with zero attached hydrogens (tertiary/aromatic N) is 4. The number of furan rings is 1. The van der Waals surface area contributed by atoms with Crippen molar-refractivity contribution in [3.8, 4) is 84.3 Å². The number of imidazole rings is 1. The van der Waals surface area contributed by atoms with Gasteiger partial charge in [0, 0.05) is 33.8 Å². The topological polar surface area (TPSA) is 49.0 Å². The summed E-state index contributed by atoms with van der Waals surface area (Å²) in [6.45, 7) is 6.43. The van der Waals surface area contributed by atoms with E-state index in [1.807, 2.05) is 114 Å². The number of benzene rings is 13. The molecule has 13 aromatic carbocycles. The van der Waals surface area contributed by atoms with Gasteiger partial charge in [0.15, 0.2) is 8.07 Å². The molecule has 0 fully saturated rings. The van der Waals surface area contributed by atoms with Crippen molar-refractivity contribution in [3.63, 3.8) is 0 Å². The van der Waals surface area contributed by atoms with E-state index in [1.54, 1.807) is 83.6 Å². The Hall–Kier alpha value is -11.9. The summed E-state index contributed by atoms with van der Waals surface area (Å²) in [5, 5.41) is 1.12. The van der Waals surface area contributed by atoms with E-state index in [4.69, 9.17) is 22.4 Å². The molecule has 95 heavy (non-hydrogen) atoms. The summed E-state index contributed by atoms with van der Waals surface area (Å²) < 4.78 is 211. The maximum Gasteiger partial charge on any atom is 0.269 e. The first-order valence-corrected chi connectivity index (χ1v) is 32.9. The van der Waals surface area contributed by atoms with Crippen LogP contribution in [0.5, 0.6) is 11.5 Å². The number of fused-ring (bicyclic) bond motifs is 13. The zero-order chi connectivity index (χ0) is 80.8. The van der Waals surface area contributed by atoms with Crippen LogP contribution in [0.2, 0.25) is 0 Å². The summed E-state index contributed by atoms with van der Waals surface area (Å²) >= 11 is 0. The van der Waals surface area contributed by atoms with Crippen molar-refractivity contribution < 1.29 is 41.1 Å². The lowest BCUT2D eigenvalue weighted by atomic mass is 9.84. The fourth-order valence-electron chi connectivity index (χ4n) is 13.9. The number of hydrogen-bond acceptors (Lipinski definition) is 3. The van der Waals surface area contributed by atoms with Crippen molar-refractivity contribution in [2.24, 2.45) is 0 Å². The van der Waals surface area contributed by atoms with Crippen LogP contribution in [0.3, 0.4) is 0 Å². The molecule has 0 amide bonds. The SMILES string of the molecule is [2H]c1c([2H])c([2H])c(-c2cccc3c2-c2ccccc2-c2cc([Si](c4c([2H])c([2H])c([2H])c([2H])c4[2H])(c4c([2H])c([2H])c([2H])c([2H])c4[2H])c4c([2H])c([2H])c([2H])c([2H])c4[2H])cc4c2[n+]([c-]n4-c2cccc(Oc4ccc5c6ccccc6n(-c6cc(C(C)(C)C)ccn6)c5c4)c2)-c2c(-c4ccc5oc6ccccc6c5c4)cccc2-3)c([2H])c1[2H]. The Kier molecular flexibility index (Phi) is 9.06. The molecular weight excluding hydrogens is 1170 g/mol. The molecule has 6 nitrogen and oxygen atoms in total. The van der Waals surface area contributed by atoms with Gasteiger partial charge in [0.1, 0.15) is 28.5 Å². The fraction of sp³-hybridized carbons (Fsp3) is 0.0455. The second-order valence-electron chi connectivity index (χ2n) is 24.5. The van der Waals surface area contributed by atoms with Crippen LogP contribution in [0, 0.1) is 6.33 Å². The molecule has 0 saturated heterocycles. The van der Waals surface area contributed by atoms with E-state index >= 15 is 0 Å². The van der Waals surface area contributed by atoms with Gasteiger partial charge in [-0.05, 0) is 154 Å². The number of rotatable bonds is 10. The molecule has 0 aliphatic carbocycles. The highest BCUT2D eigenvalue weighted by atomic mass is 28.3. The fourth-order valence-corrected chi connectivity index (χ4v) is 17.8. The predicted octanol–water partition coefficient (Wildman–Crippen LogP) is 19.2. The number of ether oxygens (including phenoxy) is 1. The highest BCUT2D eigenvalue weighted by molar-refractivity contribution is 7.20. The van der Waals surface area contributed by atoms with Gasteiger partial charge in [-0.15, -0.1) is 0 Å². The molecule has 0 spiro atoms. The van der Waals surface area contributed by atoms with E-state index in [-0.39, 0.29) is 38.3 Å². The zero-order valence-electron chi connectivity index (χ0n) is 71.2. The van der Waals surface area contributed by atoms with Crippen LogP contribution in [-0.2, 0) is 5.41 Å². The van der Waals surface area contributed by atoms with E-state index in [0.29, 0.717) is 78.8 Å². The first kappa shape index (κ1) is 38.8. The molecule has 0 atom stereocenters. The van der Waals surface area contributed by atoms with Crippen LogP contribution < -0.4 is 30.1 Å². The number of para-hydroxylation sites is 3. The monoisotopic (exact) mass is 1250 g/mol. The van der Waals surface area contributed by atoms with Crippen molar-refractivity contribution in [3.05, 3.63) is 333 Å². The first-order chi connectivity index (χ1) is 55.0. The Labute approximate surface area is 580 Å². The van der Waals surface area contributed by atoms with E-state index in [9.17, 15) is 19.2 Å². The summed E-state index contributed by atoms with van der Waals surface area (Å²) in [6.07, 6.45) is 5.59. The molecule has 5 heterocycles. The minimum atomic E-state index is -6.01. The third-order valence-corrected chi connectivity index (χ3v) is 22.3. The first-order valence-electron chi connectivity index (χ1n) is 40.9. The van der Waals surface area contributed by atoms with Gasteiger partial charge in [-0.25, -0.2) is 4.98 Å². The summed E-state index contributed by atoms with van der Waals surface area (Å²) in [7, 11) is -6.01. The van der Waals surface area contributed by atoms with Crippen molar-refractivity contribution >= 4 is 83.6 Å². The molecule has 0 saturated carbocycles. The molecule has 0 unspecified atom stereocenters. The summed E-state index contributed by atoms with van der Waals surface area (Å²) in [5.74, 6) is 1.42. The Morgan fingerprint density at radius 1 is 0.442 bits per heavy atom.